The fourth-order valence-corrected chi connectivity index (χ4v) is 3.39. The summed E-state index contributed by atoms with van der Waals surface area (Å²) in [4.78, 5) is 0.224. The number of hydrogen-bond acceptors (Lipinski definition) is 3. The first-order valence-electron chi connectivity index (χ1n) is 6.09. The molecule has 0 amide bonds. The van der Waals surface area contributed by atoms with Crippen LogP contribution in [0.15, 0.2) is 47.4 Å². The summed E-state index contributed by atoms with van der Waals surface area (Å²) in [6, 6.07) is 11.5. The first-order valence-corrected chi connectivity index (χ1v) is 7.95. The van der Waals surface area contributed by atoms with Crippen molar-refractivity contribution in [2.24, 2.45) is 0 Å². The van der Waals surface area contributed by atoms with Gasteiger partial charge in [0.2, 0.25) is 0 Å². The fourth-order valence-electron chi connectivity index (χ4n) is 2.10. The van der Waals surface area contributed by atoms with E-state index in [4.69, 9.17) is 16.3 Å². The van der Waals surface area contributed by atoms with Crippen LogP contribution in [-0.4, -0.2) is 15.0 Å². The zero-order valence-corrected chi connectivity index (χ0v) is 12.0. The average molecular weight is 310 g/mol. The smallest absolute Gasteiger partial charge is 0.261 e. The van der Waals surface area contributed by atoms with Gasteiger partial charge in [-0.25, -0.2) is 8.42 Å². The molecule has 2 aromatic carbocycles. The van der Waals surface area contributed by atoms with Crippen LogP contribution in [0.4, 0.5) is 5.69 Å². The number of halogens is 1. The number of hydrogen-bond donors (Lipinski definition) is 1. The molecule has 6 heteroatoms. The minimum Gasteiger partial charge on any atom is -0.493 e. The molecule has 1 heterocycles. The Balaban J connectivity index is 1.92. The predicted molar refractivity (Wildman–Crippen MR) is 77.9 cm³/mol. The number of rotatable bonds is 3. The summed E-state index contributed by atoms with van der Waals surface area (Å²) in [6.45, 7) is 0.598. The van der Waals surface area contributed by atoms with Crippen molar-refractivity contribution in [1.29, 1.82) is 0 Å². The minimum absolute atomic E-state index is 0.224. The molecule has 0 aliphatic carbocycles. The summed E-state index contributed by atoms with van der Waals surface area (Å²) in [5.74, 6) is 0.756. The van der Waals surface area contributed by atoms with Crippen LogP contribution in [-0.2, 0) is 16.4 Å². The second-order valence-electron chi connectivity index (χ2n) is 4.48. The zero-order chi connectivity index (χ0) is 14.2. The summed E-state index contributed by atoms with van der Waals surface area (Å²) >= 11 is 5.85. The number of anilines is 1. The van der Waals surface area contributed by atoms with Crippen LogP contribution in [0, 0.1) is 0 Å². The van der Waals surface area contributed by atoms with E-state index in [-0.39, 0.29) is 4.90 Å². The molecule has 0 aromatic heterocycles. The molecule has 1 aliphatic rings. The number of fused-ring (bicyclic) bond motifs is 1. The van der Waals surface area contributed by atoms with Gasteiger partial charge in [0.1, 0.15) is 5.75 Å². The Kier molecular flexibility index (Phi) is 3.31. The van der Waals surface area contributed by atoms with Crippen LogP contribution in [0.5, 0.6) is 5.75 Å². The molecule has 0 spiro atoms. The Morgan fingerprint density at radius 2 is 2.00 bits per heavy atom. The van der Waals surface area contributed by atoms with Gasteiger partial charge in [0, 0.05) is 11.4 Å². The quantitative estimate of drug-likeness (QED) is 0.948. The van der Waals surface area contributed by atoms with Crippen molar-refractivity contribution in [2.75, 3.05) is 11.3 Å². The molecule has 0 atom stereocenters. The third-order valence-electron chi connectivity index (χ3n) is 3.05. The highest BCUT2D eigenvalue weighted by Gasteiger charge is 2.19. The van der Waals surface area contributed by atoms with Gasteiger partial charge in [-0.05, 0) is 42.0 Å². The van der Waals surface area contributed by atoms with Gasteiger partial charge in [-0.1, -0.05) is 17.7 Å². The van der Waals surface area contributed by atoms with E-state index in [1.165, 1.54) is 6.07 Å². The van der Waals surface area contributed by atoms with E-state index in [0.29, 0.717) is 17.3 Å². The maximum absolute atomic E-state index is 12.3. The van der Waals surface area contributed by atoms with E-state index in [9.17, 15) is 8.42 Å². The van der Waals surface area contributed by atoms with Gasteiger partial charge in [0.15, 0.2) is 0 Å². The second kappa shape index (κ2) is 5.00. The maximum atomic E-state index is 12.3. The molecule has 0 unspecified atom stereocenters. The lowest BCUT2D eigenvalue weighted by Gasteiger charge is -2.09. The van der Waals surface area contributed by atoms with Gasteiger partial charge < -0.3 is 4.74 Å². The maximum Gasteiger partial charge on any atom is 0.261 e. The number of nitrogens with one attached hydrogen (secondary N) is 1. The van der Waals surface area contributed by atoms with Crippen molar-refractivity contribution in [3.05, 3.63) is 53.1 Å². The van der Waals surface area contributed by atoms with Crippen molar-refractivity contribution in [2.45, 2.75) is 11.3 Å². The molecule has 104 valence electrons. The Hall–Kier alpha value is -1.72. The third kappa shape index (κ3) is 2.59. The molecule has 0 bridgehead atoms. The predicted octanol–water partition coefficient (Wildman–Crippen LogP) is 3.08. The first-order chi connectivity index (χ1) is 9.54. The van der Waals surface area contributed by atoms with Gasteiger partial charge in [0.25, 0.3) is 10.0 Å². The number of ether oxygens (including phenoxy) is 1. The van der Waals surface area contributed by atoms with Gasteiger partial charge >= 0.3 is 0 Å². The first kappa shape index (κ1) is 13.3. The van der Waals surface area contributed by atoms with Crippen LogP contribution in [0.3, 0.4) is 0 Å². The van der Waals surface area contributed by atoms with E-state index in [0.717, 1.165) is 17.7 Å². The van der Waals surface area contributed by atoms with Crippen LogP contribution in [0.1, 0.15) is 5.56 Å². The molecule has 0 saturated carbocycles. The molecule has 0 saturated heterocycles. The zero-order valence-electron chi connectivity index (χ0n) is 10.5. The lowest BCUT2D eigenvalue weighted by atomic mass is 10.2. The Labute approximate surface area is 122 Å². The highest BCUT2D eigenvalue weighted by molar-refractivity contribution is 7.92. The molecular formula is C14H12ClNO3S. The molecule has 2 aromatic rings. The van der Waals surface area contributed by atoms with Crippen LogP contribution < -0.4 is 9.46 Å². The summed E-state index contributed by atoms with van der Waals surface area (Å²) in [7, 11) is -3.62. The van der Waals surface area contributed by atoms with Gasteiger partial charge in [-0.2, -0.15) is 0 Å². The average Bonchev–Trinajstić information content (AvgIpc) is 2.85. The molecular weight excluding hydrogens is 298 g/mol. The monoisotopic (exact) mass is 309 g/mol. The summed E-state index contributed by atoms with van der Waals surface area (Å²) in [5.41, 5.74) is 1.35. The summed E-state index contributed by atoms with van der Waals surface area (Å²) < 4.78 is 32.5. The Bertz CT molecular complexity index is 759. The van der Waals surface area contributed by atoms with E-state index >= 15 is 0 Å². The van der Waals surface area contributed by atoms with Crippen LogP contribution in [0.25, 0.3) is 0 Å². The summed E-state index contributed by atoms with van der Waals surface area (Å²) in [5, 5.41) is 0.479. The van der Waals surface area contributed by atoms with E-state index in [2.05, 4.69) is 4.72 Å². The van der Waals surface area contributed by atoms with Crippen molar-refractivity contribution >= 4 is 27.3 Å². The summed E-state index contributed by atoms with van der Waals surface area (Å²) in [6.07, 6.45) is 0.732. The third-order valence-corrected chi connectivity index (χ3v) is 4.66. The van der Waals surface area contributed by atoms with E-state index < -0.39 is 10.0 Å². The molecule has 3 rings (SSSR count). The fraction of sp³-hybridized carbons (Fsp3) is 0.143. The molecule has 20 heavy (non-hydrogen) atoms. The highest BCUT2D eigenvalue weighted by Crippen LogP contribution is 2.28. The van der Waals surface area contributed by atoms with E-state index in [1.807, 2.05) is 0 Å². The van der Waals surface area contributed by atoms with Crippen LogP contribution >= 0.6 is 11.6 Å². The van der Waals surface area contributed by atoms with Gasteiger partial charge in [0.05, 0.1) is 17.2 Å². The molecule has 1 N–H and O–H groups in total. The van der Waals surface area contributed by atoms with Crippen LogP contribution in [0.2, 0.25) is 5.02 Å². The molecule has 4 nitrogen and oxygen atoms in total. The molecule has 0 radical (unpaired) electrons. The SMILES string of the molecule is O=S(=O)(Nc1cccc(Cl)c1)c1ccc2c(c1)CCO2. The van der Waals surface area contributed by atoms with Gasteiger partial charge in [-0.3, -0.25) is 4.72 Å². The number of benzene rings is 2. The Morgan fingerprint density at radius 1 is 1.15 bits per heavy atom. The number of sulfonamides is 1. The van der Waals surface area contributed by atoms with Crippen molar-refractivity contribution in [3.63, 3.8) is 0 Å². The topological polar surface area (TPSA) is 55.4 Å². The largest absolute Gasteiger partial charge is 0.493 e. The Morgan fingerprint density at radius 3 is 2.80 bits per heavy atom. The lowest BCUT2D eigenvalue weighted by molar-refractivity contribution is 0.356. The minimum atomic E-state index is -3.62. The normalized spacial score (nSPS) is 13.7. The molecule has 0 fully saturated rings. The molecule has 1 aliphatic heterocycles. The van der Waals surface area contributed by atoms with Crippen molar-refractivity contribution < 1.29 is 13.2 Å². The lowest BCUT2D eigenvalue weighted by Crippen LogP contribution is -2.13. The van der Waals surface area contributed by atoms with Gasteiger partial charge in [-0.15, -0.1) is 0 Å². The van der Waals surface area contributed by atoms with E-state index in [1.54, 1.807) is 36.4 Å². The van der Waals surface area contributed by atoms with Crippen molar-refractivity contribution in [3.8, 4) is 5.75 Å². The van der Waals surface area contributed by atoms with Crippen molar-refractivity contribution in [1.82, 2.24) is 0 Å². The second-order valence-corrected chi connectivity index (χ2v) is 6.60. The highest BCUT2D eigenvalue weighted by atomic mass is 35.5. The standard InChI is InChI=1S/C14H12ClNO3S/c15-11-2-1-3-12(9-11)16-20(17,18)13-4-5-14-10(8-13)6-7-19-14/h1-5,8-9,16H,6-7H2.